The van der Waals surface area contributed by atoms with Gasteiger partial charge in [-0.05, 0) is 23.8 Å². The molecule has 0 fully saturated rings. The number of hydrogen-bond donors (Lipinski definition) is 1. The zero-order valence-corrected chi connectivity index (χ0v) is 11.7. The molecule has 0 unspecified atom stereocenters. The first-order valence-electron chi connectivity index (χ1n) is 6.50. The fourth-order valence-corrected chi connectivity index (χ4v) is 1.87. The largest absolute Gasteiger partial charge is 0.493 e. The number of hydrogen-bond acceptors (Lipinski definition) is 3. The van der Waals surface area contributed by atoms with Gasteiger partial charge in [-0.15, -0.1) is 0 Å². The van der Waals surface area contributed by atoms with E-state index in [2.05, 4.69) is 0 Å². The van der Waals surface area contributed by atoms with Crippen molar-refractivity contribution in [3.05, 3.63) is 59.7 Å². The van der Waals surface area contributed by atoms with Crippen molar-refractivity contribution in [1.29, 1.82) is 0 Å². The summed E-state index contributed by atoms with van der Waals surface area (Å²) in [5, 5.41) is 0. The van der Waals surface area contributed by atoms with E-state index in [1.165, 1.54) is 25.3 Å². The van der Waals surface area contributed by atoms with Gasteiger partial charge in [0.1, 0.15) is 6.61 Å². The third-order valence-corrected chi connectivity index (χ3v) is 3.08. The molecule has 0 heterocycles. The SMILES string of the molecule is COc1cc(C(F)(F)CN)ccc1OCc1ccccc1. The van der Waals surface area contributed by atoms with Crippen LogP contribution in [0.5, 0.6) is 11.5 Å². The third-order valence-electron chi connectivity index (χ3n) is 3.08. The van der Waals surface area contributed by atoms with Crippen LogP contribution in [0.1, 0.15) is 11.1 Å². The van der Waals surface area contributed by atoms with E-state index in [-0.39, 0.29) is 11.3 Å². The molecule has 0 atom stereocenters. The first kappa shape index (κ1) is 15.3. The molecular formula is C16H17F2NO2. The molecule has 2 N–H and O–H groups in total. The highest BCUT2D eigenvalue weighted by Gasteiger charge is 2.30. The fraction of sp³-hybridized carbons (Fsp3) is 0.250. The number of nitrogens with two attached hydrogens (primary N) is 1. The molecule has 0 aliphatic rings. The van der Waals surface area contributed by atoms with E-state index in [9.17, 15) is 8.78 Å². The normalized spacial score (nSPS) is 11.2. The summed E-state index contributed by atoms with van der Waals surface area (Å²) < 4.78 is 37.9. The van der Waals surface area contributed by atoms with E-state index in [0.717, 1.165) is 5.56 Å². The summed E-state index contributed by atoms with van der Waals surface area (Å²) in [6, 6.07) is 13.6. The van der Waals surface area contributed by atoms with Gasteiger partial charge in [-0.3, -0.25) is 0 Å². The maximum absolute atomic E-state index is 13.6. The molecule has 2 rings (SSSR count). The highest BCUT2D eigenvalue weighted by atomic mass is 19.3. The molecule has 21 heavy (non-hydrogen) atoms. The predicted octanol–water partition coefficient (Wildman–Crippen LogP) is 3.32. The van der Waals surface area contributed by atoms with E-state index in [1.807, 2.05) is 30.3 Å². The Kier molecular flexibility index (Phi) is 4.75. The van der Waals surface area contributed by atoms with Gasteiger partial charge in [0.2, 0.25) is 0 Å². The Bertz CT molecular complexity index is 588. The van der Waals surface area contributed by atoms with Crippen molar-refractivity contribution < 1.29 is 18.3 Å². The van der Waals surface area contributed by atoms with Gasteiger partial charge in [-0.25, -0.2) is 0 Å². The molecule has 0 aromatic heterocycles. The molecule has 2 aromatic carbocycles. The van der Waals surface area contributed by atoms with E-state index in [4.69, 9.17) is 15.2 Å². The smallest absolute Gasteiger partial charge is 0.285 e. The topological polar surface area (TPSA) is 44.5 Å². The van der Waals surface area contributed by atoms with Crippen molar-refractivity contribution in [1.82, 2.24) is 0 Å². The zero-order valence-electron chi connectivity index (χ0n) is 11.7. The molecule has 0 amide bonds. The lowest BCUT2D eigenvalue weighted by molar-refractivity contribution is 0.00569. The van der Waals surface area contributed by atoms with E-state index in [1.54, 1.807) is 0 Å². The van der Waals surface area contributed by atoms with Crippen LogP contribution in [-0.2, 0) is 12.5 Å². The quantitative estimate of drug-likeness (QED) is 0.888. The minimum atomic E-state index is -3.08. The van der Waals surface area contributed by atoms with Crippen LogP contribution in [0.15, 0.2) is 48.5 Å². The van der Waals surface area contributed by atoms with Crippen LogP contribution in [-0.4, -0.2) is 13.7 Å². The molecule has 0 radical (unpaired) electrons. The number of alkyl halides is 2. The summed E-state index contributed by atoms with van der Waals surface area (Å²) in [7, 11) is 1.41. The van der Waals surface area contributed by atoms with Gasteiger partial charge in [0, 0.05) is 5.56 Å². The van der Waals surface area contributed by atoms with E-state index in [0.29, 0.717) is 12.4 Å². The summed E-state index contributed by atoms with van der Waals surface area (Å²) in [4.78, 5) is 0. The molecule has 0 saturated heterocycles. The van der Waals surface area contributed by atoms with Crippen LogP contribution in [0, 0.1) is 0 Å². The molecular weight excluding hydrogens is 276 g/mol. The van der Waals surface area contributed by atoms with Crippen LogP contribution < -0.4 is 15.2 Å². The molecule has 2 aromatic rings. The highest BCUT2D eigenvalue weighted by molar-refractivity contribution is 5.44. The maximum atomic E-state index is 13.6. The Morgan fingerprint density at radius 3 is 2.38 bits per heavy atom. The van der Waals surface area contributed by atoms with Gasteiger partial charge in [0.05, 0.1) is 13.7 Å². The summed E-state index contributed by atoms with van der Waals surface area (Å²) >= 11 is 0. The lowest BCUT2D eigenvalue weighted by Crippen LogP contribution is -2.25. The van der Waals surface area contributed by atoms with Crippen LogP contribution in [0.2, 0.25) is 0 Å². The van der Waals surface area contributed by atoms with Gasteiger partial charge < -0.3 is 15.2 Å². The lowest BCUT2D eigenvalue weighted by atomic mass is 10.1. The van der Waals surface area contributed by atoms with Crippen molar-refractivity contribution >= 4 is 0 Å². The minimum Gasteiger partial charge on any atom is -0.493 e. The number of halogens is 2. The van der Waals surface area contributed by atoms with Gasteiger partial charge >= 0.3 is 0 Å². The van der Waals surface area contributed by atoms with Gasteiger partial charge in [-0.1, -0.05) is 30.3 Å². The molecule has 112 valence electrons. The monoisotopic (exact) mass is 293 g/mol. The van der Waals surface area contributed by atoms with Crippen molar-refractivity contribution in [2.24, 2.45) is 5.73 Å². The van der Waals surface area contributed by atoms with Crippen LogP contribution >= 0.6 is 0 Å². The molecule has 3 nitrogen and oxygen atoms in total. The summed E-state index contributed by atoms with van der Waals surface area (Å²) in [6.07, 6.45) is 0. The summed E-state index contributed by atoms with van der Waals surface area (Å²) in [6.45, 7) is -0.412. The first-order valence-corrected chi connectivity index (χ1v) is 6.50. The lowest BCUT2D eigenvalue weighted by Gasteiger charge is -2.17. The average Bonchev–Trinajstić information content (AvgIpc) is 2.53. The Labute approximate surface area is 122 Å². The summed E-state index contributed by atoms with van der Waals surface area (Å²) in [5.41, 5.74) is 5.88. The number of rotatable bonds is 6. The minimum absolute atomic E-state index is 0.186. The van der Waals surface area contributed by atoms with E-state index < -0.39 is 12.5 Å². The highest BCUT2D eigenvalue weighted by Crippen LogP contribution is 2.35. The molecule has 0 aliphatic carbocycles. The molecule has 5 heteroatoms. The van der Waals surface area contributed by atoms with Gasteiger partial charge in [-0.2, -0.15) is 8.78 Å². The first-order chi connectivity index (χ1) is 10.1. The van der Waals surface area contributed by atoms with Crippen molar-refractivity contribution in [3.63, 3.8) is 0 Å². The molecule has 0 aliphatic heterocycles. The van der Waals surface area contributed by atoms with E-state index >= 15 is 0 Å². The van der Waals surface area contributed by atoms with Crippen LogP contribution in [0.25, 0.3) is 0 Å². The molecule has 0 spiro atoms. The number of ether oxygens (including phenoxy) is 2. The zero-order chi connectivity index (χ0) is 15.3. The predicted molar refractivity (Wildman–Crippen MR) is 76.7 cm³/mol. The average molecular weight is 293 g/mol. The second-order valence-electron chi connectivity index (χ2n) is 4.55. The van der Waals surface area contributed by atoms with Gasteiger partial charge in [0.15, 0.2) is 11.5 Å². The second kappa shape index (κ2) is 6.54. The number of benzene rings is 2. The summed E-state index contributed by atoms with van der Waals surface area (Å²) in [5.74, 6) is -2.40. The Hall–Kier alpha value is -2.14. The molecule has 0 bridgehead atoms. The Morgan fingerprint density at radius 2 is 1.76 bits per heavy atom. The van der Waals surface area contributed by atoms with Gasteiger partial charge in [0.25, 0.3) is 5.92 Å². The Balaban J connectivity index is 2.17. The fourth-order valence-electron chi connectivity index (χ4n) is 1.87. The van der Waals surface area contributed by atoms with Crippen LogP contribution in [0.3, 0.4) is 0 Å². The molecule has 0 saturated carbocycles. The van der Waals surface area contributed by atoms with Crippen molar-refractivity contribution in [3.8, 4) is 11.5 Å². The standard InChI is InChI=1S/C16H17F2NO2/c1-20-15-9-13(16(17,18)11-19)7-8-14(15)21-10-12-5-3-2-4-6-12/h2-9H,10-11,19H2,1H3. The van der Waals surface area contributed by atoms with Crippen LogP contribution in [0.4, 0.5) is 8.78 Å². The Morgan fingerprint density at radius 1 is 1.05 bits per heavy atom. The van der Waals surface area contributed by atoms with Crippen molar-refractivity contribution in [2.45, 2.75) is 12.5 Å². The maximum Gasteiger partial charge on any atom is 0.285 e. The second-order valence-corrected chi connectivity index (χ2v) is 4.55. The third kappa shape index (κ3) is 3.70. The number of methoxy groups -OCH3 is 1. The van der Waals surface area contributed by atoms with Crippen molar-refractivity contribution in [2.75, 3.05) is 13.7 Å².